The van der Waals surface area contributed by atoms with Gasteiger partial charge in [-0.05, 0) is 62.3 Å². The Morgan fingerprint density at radius 3 is 2.48 bits per heavy atom. The first-order chi connectivity index (χ1) is 13.2. The van der Waals surface area contributed by atoms with Gasteiger partial charge in [0.25, 0.3) is 0 Å². The SMILES string of the molecule is O=C(OCCCN1CCN(c2ncccn2)CC1)C12CC3CC1C[C@H](C3)C2. The molecule has 4 saturated carbocycles. The molecule has 4 aliphatic carbocycles. The smallest absolute Gasteiger partial charge is 0.312 e. The second-order valence-electron chi connectivity index (χ2n) is 9.07. The third-order valence-corrected chi connectivity index (χ3v) is 7.46. The Kier molecular flexibility index (Phi) is 4.54. The van der Waals surface area contributed by atoms with E-state index in [2.05, 4.69) is 19.8 Å². The van der Waals surface area contributed by atoms with E-state index < -0.39 is 0 Å². The van der Waals surface area contributed by atoms with E-state index in [9.17, 15) is 4.79 Å². The zero-order valence-electron chi connectivity index (χ0n) is 16.1. The molecule has 1 aromatic heterocycles. The van der Waals surface area contributed by atoms with Gasteiger partial charge in [-0.1, -0.05) is 0 Å². The number of aromatic nitrogens is 2. The van der Waals surface area contributed by atoms with Crippen LogP contribution in [0.2, 0.25) is 0 Å². The Bertz CT molecular complexity index is 660. The highest BCUT2D eigenvalue weighted by molar-refractivity contribution is 5.78. The Hall–Kier alpha value is -1.69. The summed E-state index contributed by atoms with van der Waals surface area (Å²) in [6.07, 6.45) is 10.7. The summed E-state index contributed by atoms with van der Waals surface area (Å²) in [6.45, 7) is 5.51. The largest absolute Gasteiger partial charge is 0.465 e. The highest BCUT2D eigenvalue weighted by atomic mass is 16.5. The van der Waals surface area contributed by atoms with Crippen LogP contribution in [0.5, 0.6) is 0 Å². The predicted octanol–water partition coefficient (Wildman–Crippen LogP) is 2.36. The first-order valence-electron chi connectivity index (χ1n) is 10.6. The number of nitrogens with zero attached hydrogens (tertiary/aromatic N) is 4. The molecule has 0 radical (unpaired) electrons. The summed E-state index contributed by atoms with van der Waals surface area (Å²) in [4.78, 5) is 26.2. The van der Waals surface area contributed by atoms with Gasteiger partial charge in [0.1, 0.15) is 0 Å². The van der Waals surface area contributed by atoms with Crippen molar-refractivity contribution in [2.24, 2.45) is 23.2 Å². The minimum atomic E-state index is -0.0884. The molecule has 0 spiro atoms. The number of hydrogen-bond donors (Lipinski definition) is 0. The van der Waals surface area contributed by atoms with Crippen molar-refractivity contribution in [3.8, 4) is 0 Å². The molecule has 6 rings (SSSR count). The summed E-state index contributed by atoms with van der Waals surface area (Å²) < 4.78 is 5.78. The molecule has 27 heavy (non-hydrogen) atoms. The predicted molar refractivity (Wildman–Crippen MR) is 102 cm³/mol. The Labute approximate surface area is 161 Å². The van der Waals surface area contributed by atoms with Crippen LogP contribution in [0.4, 0.5) is 5.95 Å². The average molecular weight is 370 g/mol. The molecular formula is C21H30N4O2. The number of hydrogen-bond acceptors (Lipinski definition) is 6. The van der Waals surface area contributed by atoms with Gasteiger partial charge in [0.05, 0.1) is 12.0 Å². The summed E-state index contributed by atoms with van der Waals surface area (Å²) >= 11 is 0. The third kappa shape index (κ3) is 3.22. The van der Waals surface area contributed by atoms with Gasteiger partial charge >= 0.3 is 5.97 Å². The summed E-state index contributed by atoms with van der Waals surface area (Å²) in [5, 5.41) is 0. The molecule has 6 heteroatoms. The normalized spacial score (nSPS) is 35.0. The second-order valence-corrected chi connectivity index (χ2v) is 9.07. The highest BCUT2D eigenvalue weighted by Crippen LogP contribution is 2.65. The van der Waals surface area contributed by atoms with E-state index in [0.717, 1.165) is 69.8 Å². The van der Waals surface area contributed by atoms with Crippen molar-refractivity contribution < 1.29 is 9.53 Å². The van der Waals surface area contributed by atoms with Gasteiger partial charge in [-0.15, -0.1) is 0 Å². The van der Waals surface area contributed by atoms with Crippen molar-refractivity contribution >= 4 is 11.9 Å². The van der Waals surface area contributed by atoms with E-state index in [0.29, 0.717) is 12.5 Å². The van der Waals surface area contributed by atoms with E-state index in [4.69, 9.17) is 4.74 Å². The summed E-state index contributed by atoms with van der Waals surface area (Å²) in [6, 6.07) is 1.85. The minimum absolute atomic E-state index is 0.0884. The number of esters is 1. The summed E-state index contributed by atoms with van der Waals surface area (Å²) in [5.74, 6) is 3.19. The van der Waals surface area contributed by atoms with Gasteiger partial charge in [-0.25, -0.2) is 9.97 Å². The van der Waals surface area contributed by atoms with Crippen molar-refractivity contribution in [1.29, 1.82) is 0 Å². The number of carbonyl (C=O) groups is 1. The third-order valence-electron chi connectivity index (χ3n) is 7.46. The quantitative estimate of drug-likeness (QED) is 0.566. The fourth-order valence-electron chi connectivity index (χ4n) is 6.35. The number of anilines is 1. The number of piperazine rings is 1. The second kappa shape index (κ2) is 7.04. The summed E-state index contributed by atoms with van der Waals surface area (Å²) in [7, 11) is 0. The first-order valence-corrected chi connectivity index (χ1v) is 10.6. The molecule has 2 heterocycles. The minimum Gasteiger partial charge on any atom is -0.465 e. The zero-order chi connectivity index (χ0) is 18.3. The van der Waals surface area contributed by atoms with Gasteiger partial charge in [0.2, 0.25) is 5.95 Å². The lowest BCUT2D eigenvalue weighted by atomic mass is 9.75. The Balaban J connectivity index is 1.03. The Morgan fingerprint density at radius 2 is 1.78 bits per heavy atom. The standard InChI is InChI=1S/C21H30N4O2/c26-19(21-14-16-11-17(15-21)13-18(21)12-16)27-10-2-5-24-6-8-25(9-7-24)20-22-3-1-4-23-20/h1,3-4,16-18H,2,5-15H2/t16-,17?,18?,21?/m0/s1. The van der Waals surface area contributed by atoms with Crippen LogP contribution < -0.4 is 4.90 Å². The van der Waals surface area contributed by atoms with E-state index in [-0.39, 0.29) is 11.4 Å². The fraction of sp³-hybridized carbons (Fsp3) is 0.762. The van der Waals surface area contributed by atoms with Crippen LogP contribution >= 0.6 is 0 Å². The van der Waals surface area contributed by atoms with Gasteiger partial charge in [-0.3, -0.25) is 9.69 Å². The topological polar surface area (TPSA) is 58.6 Å². The van der Waals surface area contributed by atoms with E-state index in [1.54, 1.807) is 12.4 Å². The zero-order valence-corrected chi connectivity index (χ0v) is 16.1. The maximum absolute atomic E-state index is 12.8. The maximum atomic E-state index is 12.8. The van der Waals surface area contributed by atoms with Crippen LogP contribution in [0, 0.1) is 23.2 Å². The molecule has 0 amide bonds. The molecule has 0 N–H and O–H groups in total. The number of rotatable bonds is 6. The molecule has 1 aromatic rings. The van der Waals surface area contributed by atoms with Crippen LogP contribution in [0.1, 0.15) is 38.5 Å². The molecule has 3 unspecified atom stereocenters. The van der Waals surface area contributed by atoms with E-state index in [1.165, 1.54) is 19.3 Å². The molecule has 4 atom stereocenters. The molecule has 1 aliphatic heterocycles. The van der Waals surface area contributed by atoms with Crippen LogP contribution in [-0.4, -0.2) is 60.2 Å². The molecule has 146 valence electrons. The molecule has 5 aliphatic rings. The fourth-order valence-corrected chi connectivity index (χ4v) is 6.35. The lowest BCUT2D eigenvalue weighted by molar-refractivity contribution is -0.158. The van der Waals surface area contributed by atoms with Crippen molar-refractivity contribution in [3.63, 3.8) is 0 Å². The van der Waals surface area contributed by atoms with Crippen molar-refractivity contribution in [3.05, 3.63) is 18.5 Å². The van der Waals surface area contributed by atoms with Crippen molar-refractivity contribution in [1.82, 2.24) is 14.9 Å². The summed E-state index contributed by atoms with van der Waals surface area (Å²) in [5.41, 5.74) is -0.0884. The van der Waals surface area contributed by atoms with E-state index >= 15 is 0 Å². The Morgan fingerprint density at radius 1 is 1.07 bits per heavy atom. The molecule has 4 bridgehead atoms. The lowest BCUT2D eigenvalue weighted by Crippen LogP contribution is -2.47. The van der Waals surface area contributed by atoms with Crippen LogP contribution in [-0.2, 0) is 9.53 Å². The molecule has 1 saturated heterocycles. The molecule has 5 fully saturated rings. The van der Waals surface area contributed by atoms with Crippen molar-refractivity contribution in [2.75, 3.05) is 44.2 Å². The monoisotopic (exact) mass is 370 g/mol. The van der Waals surface area contributed by atoms with Gasteiger partial charge in [0.15, 0.2) is 0 Å². The molecular weight excluding hydrogens is 340 g/mol. The molecule has 6 nitrogen and oxygen atoms in total. The number of ether oxygens (including phenoxy) is 1. The van der Waals surface area contributed by atoms with Gasteiger partial charge < -0.3 is 9.64 Å². The van der Waals surface area contributed by atoms with Gasteiger partial charge in [0, 0.05) is 45.1 Å². The highest BCUT2D eigenvalue weighted by Gasteiger charge is 2.62. The van der Waals surface area contributed by atoms with Crippen LogP contribution in [0.3, 0.4) is 0 Å². The maximum Gasteiger partial charge on any atom is 0.312 e. The molecule has 0 aromatic carbocycles. The van der Waals surface area contributed by atoms with Crippen molar-refractivity contribution in [2.45, 2.75) is 38.5 Å². The first kappa shape index (κ1) is 17.4. The van der Waals surface area contributed by atoms with E-state index in [1.807, 2.05) is 6.07 Å². The lowest BCUT2D eigenvalue weighted by Gasteiger charge is -2.34. The van der Waals surface area contributed by atoms with Crippen LogP contribution in [0.25, 0.3) is 0 Å². The van der Waals surface area contributed by atoms with Gasteiger partial charge in [-0.2, -0.15) is 0 Å². The van der Waals surface area contributed by atoms with Crippen LogP contribution in [0.15, 0.2) is 18.5 Å². The number of carbonyl (C=O) groups excluding carboxylic acids is 1. The average Bonchev–Trinajstić information content (AvgIpc) is 3.11.